The van der Waals surface area contributed by atoms with Crippen molar-refractivity contribution < 1.29 is 4.74 Å². The second-order valence-corrected chi connectivity index (χ2v) is 4.58. The van der Waals surface area contributed by atoms with Crippen LogP contribution < -0.4 is 10.1 Å². The molecular weight excluding hydrogens is 234 g/mol. The topological polar surface area (TPSA) is 21.3 Å². The molecule has 0 saturated heterocycles. The summed E-state index contributed by atoms with van der Waals surface area (Å²) in [5.41, 5.74) is 2.31. The number of unbranched alkanes of at least 4 members (excludes halogenated alkanes) is 1. The van der Waals surface area contributed by atoms with E-state index in [2.05, 4.69) is 36.5 Å². The van der Waals surface area contributed by atoms with Gasteiger partial charge in [-0.3, -0.25) is 0 Å². The fourth-order valence-electron chi connectivity index (χ4n) is 1.85. The number of hydrogen-bond acceptors (Lipinski definition) is 2. The molecule has 0 heterocycles. The third-order valence-corrected chi connectivity index (χ3v) is 2.94. The van der Waals surface area contributed by atoms with Crippen molar-refractivity contribution in [2.24, 2.45) is 0 Å². The highest BCUT2D eigenvalue weighted by molar-refractivity contribution is 5.48. The van der Waals surface area contributed by atoms with Gasteiger partial charge >= 0.3 is 0 Å². The zero-order valence-corrected chi connectivity index (χ0v) is 11.4. The molecule has 1 N–H and O–H groups in total. The van der Waals surface area contributed by atoms with Crippen LogP contribution in [0.2, 0.25) is 0 Å². The molecule has 100 valence electrons. The van der Waals surface area contributed by atoms with E-state index >= 15 is 0 Å². The van der Waals surface area contributed by atoms with Gasteiger partial charge in [-0.1, -0.05) is 49.7 Å². The maximum Gasteiger partial charge on any atom is 0.121 e. The van der Waals surface area contributed by atoms with Gasteiger partial charge in [0.15, 0.2) is 0 Å². The predicted molar refractivity (Wildman–Crippen MR) is 80.6 cm³/mol. The zero-order chi connectivity index (χ0) is 13.3. The summed E-state index contributed by atoms with van der Waals surface area (Å²) in [6, 6.07) is 18.4. The first-order chi connectivity index (χ1) is 9.38. The lowest BCUT2D eigenvalue weighted by atomic mass is 10.2. The van der Waals surface area contributed by atoms with E-state index in [0.717, 1.165) is 18.0 Å². The second-order valence-electron chi connectivity index (χ2n) is 4.58. The Hall–Kier alpha value is -1.96. The molecule has 0 amide bonds. The van der Waals surface area contributed by atoms with Gasteiger partial charge in [0.05, 0.1) is 0 Å². The monoisotopic (exact) mass is 255 g/mol. The van der Waals surface area contributed by atoms with Crippen LogP contribution in [0.4, 0.5) is 5.69 Å². The summed E-state index contributed by atoms with van der Waals surface area (Å²) < 4.78 is 5.80. The first kappa shape index (κ1) is 13.5. The zero-order valence-electron chi connectivity index (χ0n) is 11.4. The van der Waals surface area contributed by atoms with Crippen LogP contribution >= 0.6 is 0 Å². The van der Waals surface area contributed by atoms with E-state index in [1.165, 1.54) is 18.4 Å². The molecule has 0 radical (unpaired) electrons. The van der Waals surface area contributed by atoms with Gasteiger partial charge in [-0.05, 0) is 24.1 Å². The Balaban J connectivity index is 1.88. The van der Waals surface area contributed by atoms with Gasteiger partial charge in [0.1, 0.15) is 12.4 Å². The van der Waals surface area contributed by atoms with Crippen molar-refractivity contribution in [2.75, 3.05) is 11.9 Å². The SMILES string of the molecule is CCCCNc1cccc(OCc2ccccc2)c1. The van der Waals surface area contributed by atoms with Gasteiger partial charge in [-0.15, -0.1) is 0 Å². The standard InChI is InChI=1S/C17H21NO/c1-2-3-12-18-16-10-7-11-17(13-16)19-14-15-8-5-4-6-9-15/h4-11,13,18H,2-3,12,14H2,1H3. The fraction of sp³-hybridized carbons (Fsp3) is 0.294. The van der Waals surface area contributed by atoms with E-state index in [1.54, 1.807) is 0 Å². The van der Waals surface area contributed by atoms with Gasteiger partial charge in [0, 0.05) is 18.3 Å². The van der Waals surface area contributed by atoms with Crippen LogP contribution in [0, 0.1) is 0 Å². The van der Waals surface area contributed by atoms with Crippen LogP contribution in [0.5, 0.6) is 5.75 Å². The molecule has 2 heteroatoms. The summed E-state index contributed by atoms with van der Waals surface area (Å²) >= 11 is 0. The predicted octanol–water partition coefficient (Wildman–Crippen LogP) is 4.48. The van der Waals surface area contributed by atoms with Gasteiger partial charge < -0.3 is 10.1 Å². The minimum atomic E-state index is 0.610. The number of ether oxygens (including phenoxy) is 1. The van der Waals surface area contributed by atoms with Gasteiger partial charge in [-0.2, -0.15) is 0 Å². The third-order valence-electron chi connectivity index (χ3n) is 2.94. The van der Waals surface area contributed by atoms with Crippen molar-refractivity contribution in [3.8, 4) is 5.75 Å². The summed E-state index contributed by atoms with van der Waals surface area (Å²) in [4.78, 5) is 0. The van der Waals surface area contributed by atoms with Crippen LogP contribution in [-0.2, 0) is 6.61 Å². The van der Waals surface area contributed by atoms with E-state index in [0.29, 0.717) is 6.61 Å². The maximum atomic E-state index is 5.80. The Labute approximate surface area is 115 Å². The van der Waals surface area contributed by atoms with Crippen molar-refractivity contribution in [1.82, 2.24) is 0 Å². The van der Waals surface area contributed by atoms with Crippen molar-refractivity contribution in [3.63, 3.8) is 0 Å². The maximum absolute atomic E-state index is 5.80. The van der Waals surface area contributed by atoms with Crippen molar-refractivity contribution in [3.05, 3.63) is 60.2 Å². The largest absolute Gasteiger partial charge is 0.489 e. The highest BCUT2D eigenvalue weighted by Gasteiger charge is 1.97. The van der Waals surface area contributed by atoms with Gasteiger partial charge in [0.2, 0.25) is 0 Å². The van der Waals surface area contributed by atoms with Gasteiger partial charge in [0.25, 0.3) is 0 Å². The minimum Gasteiger partial charge on any atom is -0.489 e. The molecule has 0 spiro atoms. The number of rotatable bonds is 7. The van der Waals surface area contributed by atoms with E-state index in [4.69, 9.17) is 4.74 Å². The molecule has 2 aromatic carbocycles. The van der Waals surface area contributed by atoms with Crippen LogP contribution in [0.15, 0.2) is 54.6 Å². The second kappa shape index (κ2) is 7.47. The minimum absolute atomic E-state index is 0.610. The molecule has 19 heavy (non-hydrogen) atoms. The average molecular weight is 255 g/mol. The number of anilines is 1. The molecule has 0 aliphatic rings. The molecule has 0 aliphatic heterocycles. The van der Waals surface area contributed by atoms with E-state index in [-0.39, 0.29) is 0 Å². The van der Waals surface area contributed by atoms with Crippen LogP contribution in [0.1, 0.15) is 25.3 Å². The normalized spacial score (nSPS) is 10.2. The third kappa shape index (κ3) is 4.66. The highest BCUT2D eigenvalue weighted by Crippen LogP contribution is 2.18. The molecule has 2 nitrogen and oxygen atoms in total. The summed E-state index contributed by atoms with van der Waals surface area (Å²) in [5.74, 6) is 0.908. The molecule has 0 unspecified atom stereocenters. The molecule has 0 bridgehead atoms. The molecule has 0 fully saturated rings. The molecule has 0 aromatic heterocycles. The molecule has 0 saturated carbocycles. The molecular formula is C17H21NO. The number of benzene rings is 2. The highest BCUT2D eigenvalue weighted by atomic mass is 16.5. The summed E-state index contributed by atoms with van der Waals surface area (Å²) in [6.07, 6.45) is 2.40. The first-order valence-electron chi connectivity index (χ1n) is 6.89. The summed E-state index contributed by atoms with van der Waals surface area (Å²) in [6.45, 7) is 3.82. The van der Waals surface area contributed by atoms with Crippen molar-refractivity contribution >= 4 is 5.69 Å². The van der Waals surface area contributed by atoms with Crippen LogP contribution in [0.25, 0.3) is 0 Å². The molecule has 2 aromatic rings. The fourth-order valence-corrected chi connectivity index (χ4v) is 1.85. The molecule has 2 rings (SSSR count). The summed E-state index contributed by atoms with van der Waals surface area (Å²) in [5, 5.41) is 3.40. The Bertz CT molecular complexity index is 482. The van der Waals surface area contributed by atoms with Gasteiger partial charge in [-0.25, -0.2) is 0 Å². The van der Waals surface area contributed by atoms with Crippen LogP contribution in [0.3, 0.4) is 0 Å². The Kier molecular flexibility index (Phi) is 5.30. The van der Waals surface area contributed by atoms with Crippen LogP contribution in [-0.4, -0.2) is 6.54 Å². The quantitative estimate of drug-likeness (QED) is 0.737. The van der Waals surface area contributed by atoms with E-state index < -0.39 is 0 Å². The average Bonchev–Trinajstić information content (AvgIpc) is 2.47. The summed E-state index contributed by atoms with van der Waals surface area (Å²) in [7, 11) is 0. The molecule has 0 atom stereocenters. The smallest absolute Gasteiger partial charge is 0.121 e. The number of hydrogen-bond donors (Lipinski definition) is 1. The Morgan fingerprint density at radius 3 is 2.63 bits per heavy atom. The Morgan fingerprint density at radius 1 is 1.00 bits per heavy atom. The molecule has 0 aliphatic carbocycles. The van der Waals surface area contributed by atoms with E-state index in [9.17, 15) is 0 Å². The Morgan fingerprint density at radius 2 is 1.84 bits per heavy atom. The van der Waals surface area contributed by atoms with Crippen molar-refractivity contribution in [2.45, 2.75) is 26.4 Å². The lowest BCUT2D eigenvalue weighted by molar-refractivity contribution is 0.306. The number of nitrogens with one attached hydrogen (secondary N) is 1. The lowest BCUT2D eigenvalue weighted by Gasteiger charge is -2.09. The lowest BCUT2D eigenvalue weighted by Crippen LogP contribution is -2.01. The first-order valence-corrected chi connectivity index (χ1v) is 6.89. The van der Waals surface area contributed by atoms with Crippen molar-refractivity contribution in [1.29, 1.82) is 0 Å². The van der Waals surface area contributed by atoms with E-state index in [1.807, 2.05) is 30.3 Å².